The number of phenolic OH excluding ortho intramolecular Hbond substituents is 1. The molecule has 0 radical (unpaired) electrons. The second-order valence-electron chi connectivity index (χ2n) is 3.46. The topological polar surface area (TPSA) is 37.3 Å². The van der Waals surface area contributed by atoms with Gasteiger partial charge in [0.25, 0.3) is 0 Å². The summed E-state index contributed by atoms with van der Waals surface area (Å²) >= 11 is 0. The molecule has 2 nitrogen and oxygen atoms in total. The average Bonchev–Trinajstić information content (AvgIpc) is 2.09. The zero-order valence-electron chi connectivity index (χ0n) is 7.90. The lowest BCUT2D eigenvalue weighted by Crippen LogP contribution is -2.07. The molecule has 0 aromatic heterocycles. The third kappa shape index (κ3) is 2.08. The second kappa shape index (κ2) is 4.08. The van der Waals surface area contributed by atoms with Crippen LogP contribution in [0.4, 0.5) is 0 Å². The quantitative estimate of drug-likeness (QED) is 0.721. The van der Waals surface area contributed by atoms with Crippen molar-refractivity contribution in [2.24, 2.45) is 5.92 Å². The van der Waals surface area contributed by atoms with E-state index in [2.05, 4.69) is 0 Å². The van der Waals surface area contributed by atoms with Crippen molar-refractivity contribution in [2.45, 2.75) is 19.8 Å². The molecule has 1 unspecified atom stereocenters. The highest BCUT2D eigenvalue weighted by Gasteiger charge is 2.17. The molecule has 0 saturated heterocycles. The lowest BCUT2D eigenvalue weighted by atomic mass is 9.89. The summed E-state index contributed by atoms with van der Waals surface area (Å²) in [7, 11) is 0. The minimum atomic E-state index is -0.207. The van der Waals surface area contributed by atoms with Gasteiger partial charge in [0.05, 0.1) is 0 Å². The standard InChI is InChI=1S/C11H14O2/c1-8(2)10(7-12)9-5-3-4-6-11(9)13/h3-8,10,13H,1-2H3. The molecule has 1 aromatic rings. The molecule has 1 atom stereocenters. The molecule has 0 aliphatic carbocycles. The normalized spacial score (nSPS) is 12.8. The summed E-state index contributed by atoms with van der Waals surface area (Å²) < 4.78 is 0. The minimum absolute atomic E-state index is 0.202. The number of rotatable bonds is 3. The Labute approximate surface area is 78.2 Å². The SMILES string of the molecule is CC(C)C(C=O)c1ccccc1O. The third-order valence-electron chi connectivity index (χ3n) is 2.16. The number of benzene rings is 1. The molecule has 0 heterocycles. The van der Waals surface area contributed by atoms with E-state index in [1.165, 1.54) is 0 Å². The van der Waals surface area contributed by atoms with E-state index in [1.54, 1.807) is 18.2 Å². The van der Waals surface area contributed by atoms with Gasteiger partial charge in [-0.2, -0.15) is 0 Å². The Hall–Kier alpha value is -1.31. The summed E-state index contributed by atoms with van der Waals surface area (Å²) in [4.78, 5) is 10.8. The highest BCUT2D eigenvalue weighted by Crippen LogP contribution is 2.29. The summed E-state index contributed by atoms with van der Waals surface area (Å²) in [6.07, 6.45) is 0.889. The van der Waals surface area contributed by atoms with Crippen molar-refractivity contribution in [1.82, 2.24) is 0 Å². The van der Waals surface area contributed by atoms with E-state index in [1.807, 2.05) is 19.9 Å². The van der Waals surface area contributed by atoms with Crippen molar-refractivity contribution < 1.29 is 9.90 Å². The van der Waals surface area contributed by atoms with Crippen LogP contribution < -0.4 is 0 Å². The number of carbonyl (C=O) groups is 1. The van der Waals surface area contributed by atoms with Crippen LogP contribution in [0, 0.1) is 5.92 Å². The maximum Gasteiger partial charge on any atom is 0.127 e. The van der Waals surface area contributed by atoms with E-state index in [0.29, 0.717) is 5.56 Å². The molecule has 0 bridgehead atoms. The van der Waals surface area contributed by atoms with E-state index in [4.69, 9.17) is 0 Å². The Morgan fingerprint density at radius 2 is 1.92 bits per heavy atom. The Morgan fingerprint density at radius 3 is 2.38 bits per heavy atom. The molecular formula is C11H14O2. The Morgan fingerprint density at radius 1 is 1.31 bits per heavy atom. The van der Waals surface area contributed by atoms with Gasteiger partial charge in [0.1, 0.15) is 12.0 Å². The van der Waals surface area contributed by atoms with Gasteiger partial charge in [-0.1, -0.05) is 32.0 Å². The van der Waals surface area contributed by atoms with Crippen LogP contribution in [-0.2, 0) is 4.79 Å². The monoisotopic (exact) mass is 178 g/mol. The molecule has 1 rings (SSSR count). The molecule has 1 N–H and O–H groups in total. The van der Waals surface area contributed by atoms with Crippen LogP contribution in [0.2, 0.25) is 0 Å². The fraction of sp³-hybridized carbons (Fsp3) is 0.364. The Kier molecular flexibility index (Phi) is 3.07. The van der Waals surface area contributed by atoms with Crippen molar-refractivity contribution >= 4 is 6.29 Å². The molecule has 0 saturated carbocycles. The summed E-state index contributed by atoms with van der Waals surface area (Å²) in [6.45, 7) is 3.93. The van der Waals surface area contributed by atoms with Gasteiger partial charge in [0.2, 0.25) is 0 Å². The summed E-state index contributed by atoms with van der Waals surface area (Å²) in [5, 5.41) is 9.50. The predicted octanol–water partition coefficient (Wildman–Crippen LogP) is 2.33. The van der Waals surface area contributed by atoms with Crippen molar-refractivity contribution in [3.63, 3.8) is 0 Å². The van der Waals surface area contributed by atoms with Gasteiger partial charge in [-0.25, -0.2) is 0 Å². The minimum Gasteiger partial charge on any atom is -0.508 e. The van der Waals surface area contributed by atoms with Gasteiger partial charge in [-0.3, -0.25) is 0 Å². The first-order valence-electron chi connectivity index (χ1n) is 4.40. The molecule has 0 aliphatic rings. The van der Waals surface area contributed by atoms with Crippen molar-refractivity contribution in [3.8, 4) is 5.75 Å². The van der Waals surface area contributed by atoms with Crippen molar-refractivity contribution in [1.29, 1.82) is 0 Å². The molecule has 13 heavy (non-hydrogen) atoms. The highest BCUT2D eigenvalue weighted by atomic mass is 16.3. The van der Waals surface area contributed by atoms with E-state index in [-0.39, 0.29) is 17.6 Å². The van der Waals surface area contributed by atoms with Crippen LogP contribution in [0.15, 0.2) is 24.3 Å². The lowest BCUT2D eigenvalue weighted by Gasteiger charge is -2.15. The number of carbonyl (C=O) groups excluding carboxylic acids is 1. The zero-order chi connectivity index (χ0) is 9.84. The first-order chi connectivity index (χ1) is 6.16. The fourth-order valence-corrected chi connectivity index (χ4v) is 1.36. The smallest absolute Gasteiger partial charge is 0.127 e. The van der Waals surface area contributed by atoms with Crippen LogP contribution >= 0.6 is 0 Å². The zero-order valence-corrected chi connectivity index (χ0v) is 7.90. The summed E-state index contributed by atoms with van der Waals surface area (Å²) in [5.74, 6) is 0.209. The summed E-state index contributed by atoms with van der Waals surface area (Å²) in [5.41, 5.74) is 0.715. The van der Waals surface area contributed by atoms with Gasteiger partial charge in [0.15, 0.2) is 0 Å². The van der Waals surface area contributed by atoms with Crippen LogP contribution in [0.5, 0.6) is 5.75 Å². The maximum absolute atomic E-state index is 10.8. The molecule has 2 heteroatoms. The van der Waals surface area contributed by atoms with E-state index in [9.17, 15) is 9.90 Å². The van der Waals surface area contributed by atoms with Gasteiger partial charge >= 0.3 is 0 Å². The van der Waals surface area contributed by atoms with Crippen LogP contribution in [0.25, 0.3) is 0 Å². The number of hydrogen-bond donors (Lipinski definition) is 1. The molecule has 0 aliphatic heterocycles. The van der Waals surface area contributed by atoms with Crippen molar-refractivity contribution in [3.05, 3.63) is 29.8 Å². The number of para-hydroxylation sites is 1. The number of aromatic hydroxyl groups is 1. The molecule has 1 aromatic carbocycles. The van der Waals surface area contributed by atoms with E-state index in [0.717, 1.165) is 6.29 Å². The Bertz CT molecular complexity index is 292. The summed E-state index contributed by atoms with van der Waals surface area (Å²) in [6, 6.07) is 6.97. The number of phenols is 1. The predicted molar refractivity (Wildman–Crippen MR) is 51.7 cm³/mol. The van der Waals surface area contributed by atoms with Gasteiger partial charge < -0.3 is 9.90 Å². The molecule has 0 spiro atoms. The number of hydrogen-bond acceptors (Lipinski definition) is 2. The largest absolute Gasteiger partial charge is 0.508 e. The van der Waals surface area contributed by atoms with Crippen LogP contribution in [0.1, 0.15) is 25.3 Å². The molecule has 0 amide bonds. The lowest BCUT2D eigenvalue weighted by molar-refractivity contribution is -0.109. The first-order valence-corrected chi connectivity index (χ1v) is 4.40. The fourth-order valence-electron chi connectivity index (χ4n) is 1.36. The number of aldehydes is 1. The second-order valence-corrected chi connectivity index (χ2v) is 3.46. The molecule has 0 fully saturated rings. The Balaban J connectivity index is 3.04. The van der Waals surface area contributed by atoms with Crippen LogP contribution in [0.3, 0.4) is 0 Å². The third-order valence-corrected chi connectivity index (χ3v) is 2.16. The van der Waals surface area contributed by atoms with Gasteiger partial charge in [-0.05, 0) is 12.0 Å². The van der Waals surface area contributed by atoms with Gasteiger partial charge in [-0.15, -0.1) is 0 Å². The van der Waals surface area contributed by atoms with Crippen LogP contribution in [-0.4, -0.2) is 11.4 Å². The molecular weight excluding hydrogens is 164 g/mol. The van der Waals surface area contributed by atoms with E-state index < -0.39 is 0 Å². The average molecular weight is 178 g/mol. The molecule has 70 valence electrons. The van der Waals surface area contributed by atoms with Crippen molar-refractivity contribution in [2.75, 3.05) is 0 Å². The van der Waals surface area contributed by atoms with E-state index >= 15 is 0 Å². The highest BCUT2D eigenvalue weighted by molar-refractivity contribution is 5.64. The maximum atomic E-state index is 10.8. The first kappa shape index (κ1) is 9.78. The van der Waals surface area contributed by atoms with Gasteiger partial charge in [0, 0.05) is 11.5 Å².